The lowest BCUT2D eigenvalue weighted by molar-refractivity contribution is 0.0910. The summed E-state index contributed by atoms with van der Waals surface area (Å²) in [6.07, 6.45) is 7.12. The molecule has 1 aromatic heterocycles. The quantitative estimate of drug-likeness (QED) is 0.848. The average molecular weight is 377 g/mol. The molecule has 0 aromatic carbocycles. The van der Waals surface area contributed by atoms with Gasteiger partial charge in [-0.1, -0.05) is 44.6 Å². The van der Waals surface area contributed by atoms with Crippen LogP contribution in [0.3, 0.4) is 0 Å². The molecule has 0 aliphatic heterocycles. The molecule has 0 radical (unpaired) electrons. The summed E-state index contributed by atoms with van der Waals surface area (Å²) in [5.74, 6) is 0.138. The number of aromatic nitrogens is 1. The molecule has 2 unspecified atom stereocenters. The highest BCUT2D eigenvalue weighted by Crippen LogP contribution is 2.44. The fourth-order valence-corrected chi connectivity index (χ4v) is 5.80. The Balaban J connectivity index is 2.09. The van der Waals surface area contributed by atoms with E-state index in [1.165, 1.54) is 0 Å². The summed E-state index contributed by atoms with van der Waals surface area (Å²) in [6, 6.07) is 0. The monoisotopic (exact) mass is 376 g/mol. The van der Waals surface area contributed by atoms with Crippen LogP contribution in [0.5, 0.6) is 0 Å². The molecule has 5 nitrogen and oxygen atoms in total. The van der Waals surface area contributed by atoms with Crippen LogP contribution in [-0.2, 0) is 22.9 Å². The standard InChI is InChI=1S/C20H28N2O3S/c1-12-7-6-8-17(26(21,24)25)20(12,5)9-14-13(2)22-15-10-19(3,4)11-16(23)18(14)15/h6-8,17,22H,9-11H2,1-5H3,(H2,21,24,25). The summed E-state index contributed by atoms with van der Waals surface area (Å²) in [6.45, 7) is 10.0. The van der Waals surface area contributed by atoms with Gasteiger partial charge in [-0.15, -0.1) is 0 Å². The number of Topliss-reactive ketones (excluding diaryl/α,β-unsaturated/α-hetero) is 1. The molecule has 1 aromatic rings. The second kappa shape index (κ2) is 5.92. The number of fused-ring (bicyclic) bond motifs is 1. The van der Waals surface area contributed by atoms with Crippen molar-refractivity contribution in [2.75, 3.05) is 0 Å². The SMILES string of the molecule is CC1=CC=CC(S(N)(=O)=O)C1(C)Cc1c(C)[nH]c2c1C(=O)CC(C)(C)C2. The molecule has 0 saturated heterocycles. The summed E-state index contributed by atoms with van der Waals surface area (Å²) in [7, 11) is -3.76. The Bertz CT molecular complexity index is 935. The summed E-state index contributed by atoms with van der Waals surface area (Å²) in [5, 5.41) is 4.73. The third-order valence-electron chi connectivity index (χ3n) is 6.03. The number of nitrogens with one attached hydrogen (secondary N) is 1. The first-order valence-electron chi connectivity index (χ1n) is 8.96. The third-order valence-corrected chi connectivity index (χ3v) is 7.41. The smallest absolute Gasteiger partial charge is 0.216 e. The van der Waals surface area contributed by atoms with Crippen molar-refractivity contribution in [3.05, 3.63) is 46.3 Å². The van der Waals surface area contributed by atoms with Crippen LogP contribution in [-0.4, -0.2) is 24.4 Å². The number of carbonyl (C=O) groups excluding carboxylic acids is 1. The molecule has 142 valence electrons. The van der Waals surface area contributed by atoms with Crippen molar-refractivity contribution in [3.8, 4) is 0 Å². The first-order valence-corrected chi connectivity index (χ1v) is 10.6. The Labute approximate surface area is 155 Å². The fraction of sp³-hybridized carbons (Fsp3) is 0.550. The maximum absolute atomic E-state index is 12.8. The molecule has 3 N–H and O–H groups in total. The zero-order valence-electron chi connectivity index (χ0n) is 16.1. The van der Waals surface area contributed by atoms with E-state index in [1.807, 2.05) is 26.8 Å². The molecule has 26 heavy (non-hydrogen) atoms. The van der Waals surface area contributed by atoms with E-state index in [0.29, 0.717) is 12.8 Å². The van der Waals surface area contributed by atoms with Crippen molar-refractivity contribution in [2.45, 2.75) is 59.1 Å². The van der Waals surface area contributed by atoms with Gasteiger partial charge in [-0.25, -0.2) is 13.6 Å². The maximum atomic E-state index is 12.8. The van der Waals surface area contributed by atoms with Crippen LogP contribution in [0.2, 0.25) is 0 Å². The Morgan fingerprint density at radius 2 is 1.88 bits per heavy atom. The second-order valence-electron chi connectivity index (χ2n) is 8.86. The van der Waals surface area contributed by atoms with Crippen molar-refractivity contribution in [1.82, 2.24) is 4.98 Å². The summed E-state index contributed by atoms with van der Waals surface area (Å²) < 4.78 is 24.4. The first kappa shape index (κ1) is 19.1. The lowest BCUT2D eigenvalue weighted by atomic mass is 9.70. The summed E-state index contributed by atoms with van der Waals surface area (Å²) in [5.41, 5.74) is 3.82. The molecule has 2 aliphatic carbocycles. The van der Waals surface area contributed by atoms with E-state index in [-0.39, 0.29) is 11.2 Å². The number of primary sulfonamides is 1. The minimum atomic E-state index is -3.76. The zero-order valence-corrected chi connectivity index (χ0v) is 17.0. The molecule has 2 aliphatic rings. The lowest BCUT2D eigenvalue weighted by Gasteiger charge is -2.38. The third kappa shape index (κ3) is 3.09. The van der Waals surface area contributed by atoms with Crippen molar-refractivity contribution in [1.29, 1.82) is 0 Å². The van der Waals surface area contributed by atoms with Crippen LogP contribution in [0.25, 0.3) is 0 Å². The van der Waals surface area contributed by atoms with Crippen molar-refractivity contribution >= 4 is 15.8 Å². The van der Waals surface area contributed by atoms with Crippen LogP contribution in [0, 0.1) is 17.8 Å². The number of H-pyrrole nitrogens is 1. The molecule has 6 heteroatoms. The van der Waals surface area contributed by atoms with Gasteiger partial charge in [0.25, 0.3) is 0 Å². The van der Waals surface area contributed by atoms with E-state index in [9.17, 15) is 13.2 Å². The average Bonchev–Trinajstić information content (AvgIpc) is 2.75. The van der Waals surface area contributed by atoms with Crippen LogP contribution >= 0.6 is 0 Å². The number of nitrogens with two attached hydrogens (primary N) is 1. The van der Waals surface area contributed by atoms with E-state index >= 15 is 0 Å². The van der Waals surface area contributed by atoms with Gasteiger partial charge in [0.2, 0.25) is 10.0 Å². The van der Waals surface area contributed by atoms with Gasteiger partial charge >= 0.3 is 0 Å². The Hall–Kier alpha value is -1.66. The van der Waals surface area contributed by atoms with Crippen molar-refractivity contribution < 1.29 is 13.2 Å². The normalized spacial score (nSPS) is 28.0. The molecular weight excluding hydrogens is 348 g/mol. The van der Waals surface area contributed by atoms with Crippen LogP contribution in [0.1, 0.15) is 61.4 Å². The van der Waals surface area contributed by atoms with E-state index in [1.54, 1.807) is 12.2 Å². The number of hydrogen-bond acceptors (Lipinski definition) is 3. The molecule has 2 atom stereocenters. The van der Waals surface area contributed by atoms with E-state index in [4.69, 9.17) is 5.14 Å². The molecule has 0 saturated carbocycles. The molecule has 3 rings (SSSR count). The van der Waals surface area contributed by atoms with E-state index < -0.39 is 20.7 Å². The van der Waals surface area contributed by atoms with Gasteiger partial charge in [0, 0.05) is 28.8 Å². The fourth-order valence-electron chi connectivity index (χ4n) is 4.50. The lowest BCUT2D eigenvalue weighted by Crippen LogP contribution is -2.44. The predicted molar refractivity (Wildman–Crippen MR) is 104 cm³/mol. The molecule has 0 bridgehead atoms. The largest absolute Gasteiger partial charge is 0.362 e. The first-order chi connectivity index (χ1) is 11.8. The number of allylic oxidation sites excluding steroid dienone is 3. The number of ketones is 1. The van der Waals surface area contributed by atoms with Gasteiger partial charge in [-0.05, 0) is 37.7 Å². The summed E-state index contributed by atoms with van der Waals surface area (Å²) in [4.78, 5) is 16.2. The highest BCUT2D eigenvalue weighted by molar-refractivity contribution is 7.90. The Morgan fingerprint density at radius 3 is 2.50 bits per heavy atom. The Morgan fingerprint density at radius 1 is 1.23 bits per heavy atom. The zero-order chi connectivity index (χ0) is 19.5. The summed E-state index contributed by atoms with van der Waals surface area (Å²) >= 11 is 0. The van der Waals surface area contributed by atoms with Gasteiger partial charge in [0.15, 0.2) is 5.78 Å². The predicted octanol–water partition coefficient (Wildman–Crippen LogP) is 3.20. The van der Waals surface area contributed by atoms with E-state index in [0.717, 1.165) is 34.5 Å². The number of aryl methyl sites for hydroxylation is 1. The number of aromatic amines is 1. The molecule has 0 amide bonds. The molecular formula is C20H28N2O3S. The molecule has 0 spiro atoms. The second-order valence-corrected chi connectivity index (χ2v) is 10.5. The number of hydrogen-bond donors (Lipinski definition) is 2. The minimum Gasteiger partial charge on any atom is -0.362 e. The van der Waals surface area contributed by atoms with Gasteiger partial charge < -0.3 is 4.98 Å². The van der Waals surface area contributed by atoms with Crippen LogP contribution < -0.4 is 5.14 Å². The molecule has 1 heterocycles. The van der Waals surface area contributed by atoms with Crippen molar-refractivity contribution in [2.24, 2.45) is 16.0 Å². The van der Waals surface area contributed by atoms with Gasteiger partial charge in [0.05, 0.1) is 0 Å². The Kier molecular flexibility index (Phi) is 4.36. The highest BCUT2D eigenvalue weighted by atomic mass is 32.2. The van der Waals surface area contributed by atoms with Crippen LogP contribution in [0.4, 0.5) is 0 Å². The topological polar surface area (TPSA) is 93.0 Å². The maximum Gasteiger partial charge on any atom is 0.216 e. The molecule has 0 fully saturated rings. The van der Waals surface area contributed by atoms with E-state index in [2.05, 4.69) is 18.8 Å². The minimum absolute atomic E-state index is 0.0604. The number of rotatable bonds is 3. The number of sulfonamides is 1. The van der Waals surface area contributed by atoms with Crippen molar-refractivity contribution in [3.63, 3.8) is 0 Å². The van der Waals surface area contributed by atoms with Gasteiger partial charge in [0.1, 0.15) is 5.25 Å². The van der Waals surface area contributed by atoms with Gasteiger partial charge in [-0.3, -0.25) is 4.79 Å². The van der Waals surface area contributed by atoms with Gasteiger partial charge in [-0.2, -0.15) is 0 Å². The number of carbonyl (C=O) groups is 1. The van der Waals surface area contributed by atoms with Crippen LogP contribution in [0.15, 0.2) is 23.8 Å². The highest BCUT2D eigenvalue weighted by Gasteiger charge is 2.44.